The number of piperazine rings is 1. The summed E-state index contributed by atoms with van der Waals surface area (Å²) in [5.41, 5.74) is 2.88. The van der Waals surface area contributed by atoms with E-state index in [2.05, 4.69) is 10.2 Å². The Morgan fingerprint density at radius 2 is 1.94 bits per heavy atom. The van der Waals surface area contributed by atoms with E-state index in [0.29, 0.717) is 43.2 Å². The van der Waals surface area contributed by atoms with Crippen molar-refractivity contribution >= 4 is 17.9 Å². The molecule has 0 radical (unpaired) electrons. The molecule has 9 heteroatoms. The van der Waals surface area contributed by atoms with E-state index in [4.69, 9.17) is 9.15 Å². The highest BCUT2D eigenvalue weighted by Gasteiger charge is 2.39. The van der Waals surface area contributed by atoms with Crippen LogP contribution in [0.25, 0.3) is 0 Å². The first kappa shape index (κ1) is 24.5. The molecule has 9 nitrogen and oxygen atoms in total. The number of carbonyl (C=O) groups is 3. The smallest absolute Gasteiger partial charge is 0.338 e. The van der Waals surface area contributed by atoms with Crippen molar-refractivity contribution in [2.75, 3.05) is 39.8 Å². The molecule has 0 saturated carbocycles. The fourth-order valence-corrected chi connectivity index (χ4v) is 4.77. The fraction of sp³-hybridized carbons (Fsp3) is 0.423. The van der Waals surface area contributed by atoms with Crippen LogP contribution in [0, 0.1) is 6.92 Å². The third-order valence-electron chi connectivity index (χ3n) is 6.65. The van der Waals surface area contributed by atoms with Crippen molar-refractivity contribution in [3.05, 3.63) is 70.8 Å². The van der Waals surface area contributed by atoms with Crippen LogP contribution < -0.4 is 5.32 Å². The molecule has 2 aliphatic rings. The molecule has 1 N–H and O–H groups in total. The minimum Gasteiger partial charge on any atom is -0.463 e. The molecule has 2 aromatic rings. The van der Waals surface area contributed by atoms with Crippen LogP contribution in [0.5, 0.6) is 0 Å². The van der Waals surface area contributed by atoms with Crippen LogP contribution in [0.15, 0.2) is 58.3 Å². The summed E-state index contributed by atoms with van der Waals surface area (Å²) in [5.74, 6) is -0.257. The number of aryl methyl sites for hydroxylation is 1. The predicted molar refractivity (Wildman–Crippen MR) is 130 cm³/mol. The Morgan fingerprint density at radius 1 is 1.17 bits per heavy atom. The van der Waals surface area contributed by atoms with Crippen LogP contribution in [-0.2, 0) is 9.53 Å². The second kappa shape index (κ2) is 10.4. The molecule has 1 aromatic heterocycles. The topological polar surface area (TPSA) is 95.3 Å². The van der Waals surface area contributed by atoms with Crippen molar-refractivity contribution in [1.29, 1.82) is 0 Å². The molecule has 0 unspecified atom stereocenters. The van der Waals surface area contributed by atoms with Crippen LogP contribution >= 0.6 is 0 Å². The molecule has 2 aliphatic heterocycles. The zero-order valence-electron chi connectivity index (χ0n) is 20.6. The molecule has 0 bridgehead atoms. The average Bonchev–Trinajstić information content (AvgIpc) is 3.37. The van der Waals surface area contributed by atoms with Gasteiger partial charge in [-0.3, -0.25) is 14.6 Å². The lowest BCUT2D eigenvalue weighted by Gasteiger charge is -2.42. The maximum Gasteiger partial charge on any atom is 0.338 e. The van der Waals surface area contributed by atoms with E-state index >= 15 is 0 Å². The van der Waals surface area contributed by atoms with E-state index in [-0.39, 0.29) is 24.6 Å². The number of urea groups is 1. The molecular formula is C26H32N4O5. The zero-order chi connectivity index (χ0) is 25.1. The molecular weight excluding hydrogens is 448 g/mol. The summed E-state index contributed by atoms with van der Waals surface area (Å²) in [6.45, 7) is 8.03. The number of hydrogen-bond donors (Lipinski definition) is 1. The van der Waals surface area contributed by atoms with Crippen molar-refractivity contribution in [2.45, 2.75) is 32.9 Å². The second-order valence-electron chi connectivity index (χ2n) is 8.94. The average molecular weight is 481 g/mol. The van der Waals surface area contributed by atoms with Gasteiger partial charge >= 0.3 is 12.0 Å². The molecule has 35 heavy (non-hydrogen) atoms. The van der Waals surface area contributed by atoms with E-state index in [1.165, 1.54) is 11.2 Å². The van der Waals surface area contributed by atoms with Crippen molar-refractivity contribution in [1.82, 2.24) is 20.0 Å². The number of nitrogens with zero attached hydrogens (tertiary/aromatic N) is 3. The number of likely N-dealkylation sites (N-methyl/N-ethyl adjacent to an activating group) is 1. The van der Waals surface area contributed by atoms with Gasteiger partial charge in [0.2, 0.25) is 0 Å². The Morgan fingerprint density at radius 3 is 2.60 bits per heavy atom. The van der Waals surface area contributed by atoms with Crippen molar-refractivity contribution in [3.63, 3.8) is 0 Å². The predicted octanol–water partition coefficient (Wildman–Crippen LogP) is 2.95. The van der Waals surface area contributed by atoms with E-state index < -0.39 is 12.0 Å². The fourth-order valence-electron chi connectivity index (χ4n) is 4.77. The molecule has 1 saturated heterocycles. The molecule has 4 rings (SSSR count). The number of furan rings is 1. The molecule has 2 atom stereocenters. The van der Waals surface area contributed by atoms with Gasteiger partial charge in [0.1, 0.15) is 0 Å². The van der Waals surface area contributed by atoms with Gasteiger partial charge in [-0.2, -0.15) is 0 Å². The quantitative estimate of drug-likeness (QED) is 0.639. The minimum atomic E-state index is -0.604. The highest BCUT2D eigenvalue weighted by Crippen LogP contribution is 2.33. The first-order valence-corrected chi connectivity index (χ1v) is 11.9. The van der Waals surface area contributed by atoms with Gasteiger partial charge < -0.3 is 19.4 Å². The summed E-state index contributed by atoms with van der Waals surface area (Å²) in [4.78, 5) is 44.4. The van der Waals surface area contributed by atoms with E-state index in [1.807, 2.05) is 38.1 Å². The Kier molecular flexibility index (Phi) is 7.25. The third kappa shape index (κ3) is 4.95. The van der Waals surface area contributed by atoms with E-state index in [0.717, 1.165) is 11.1 Å². The number of amides is 3. The van der Waals surface area contributed by atoms with Gasteiger partial charge in [-0.05, 0) is 44.0 Å². The normalized spacial score (nSPS) is 21.2. The summed E-state index contributed by atoms with van der Waals surface area (Å²) < 4.78 is 10.7. The summed E-state index contributed by atoms with van der Waals surface area (Å²) in [6, 6.07) is 10.1. The van der Waals surface area contributed by atoms with Crippen LogP contribution in [0.1, 0.15) is 41.6 Å². The molecule has 3 amide bonds. The Hall–Kier alpha value is -3.59. The number of hydrogen-bond acceptors (Lipinski definition) is 6. The molecule has 1 fully saturated rings. The van der Waals surface area contributed by atoms with Gasteiger partial charge in [0.15, 0.2) is 5.76 Å². The Bertz CT molecular complexity index is 1130. The summed E-state index contributed by atoms with van der Waals surface area (Å²) in [6.07, 6.45) is 1.49. The van der Waals surface area contributed by atoms with E-state index in [9.17, 15) is 14.4 Å². The highest BCUT2D eigenvalue weighted by molar-refractivity contribution is 5.95. The lowest BCUT2D eigenvalue weighted by molar-refractivity contribution is -0.139. The highest BCUT2D eigenvalue weighted by atomic mass is 16.5. The Labute approximate surface area is 205 Å². The van der Waals surface area contributed by atoms with Gasteiger partial charge in [0.05, 0.1) is 24.5 Å². The molecule has 3 heterocycles. The van der Waals surface area contributed by atoms with Gasteiger partial charge in [-0.25, -0.2) is 9.59 Å². The monoisotopic (exact) mass is 480 g/mol. The number of rotatable bonds is 6. The SMILES string of the molecule is CCOC(=O)C1=C(CN2CCN(C(=O)c3ccco3)[C@@H](C)C2)N(C)C(=O)N[C@@H]1c1ccccc1C. The van der Waals surface area contributed by atoms with Crippen LogP contribution in [-0.4, -0.2) is 78.5 Å². The maximum absolute atomic E-state index is 13.2. The molecule has 0 aliphatic carbocycles. The summed E-state index contributed by atoms with van der Waals surface area (Å²) in [5, 5.41) is 2.97. The molecule has 186 valence electrons. The van der Waals surface area contributed by atoms with Crippen molar-refractivity contribution in [2.24, 2.45) is 0 Å². The molecule has 0 spiro atoms. The summed E-state index contributed by atoms with van der Waals surface area (Å²) >= 11 is 0. The van der Waals surface area contributed by atoms with Crippen molar-refractivity contribution < 1.29 is 23.5 Å². The van der Waals surface area contributed by atoms with Crippen LogP contribution in [0.4, 0.5) is 4.79 Å². The van der Waals surface area contributed by atoms with Crippen molar-refractivity contribution in [3.8, 4) is 0 Å². The second-order valence-corrected chi connectivity index (χ2v) is 8.94. The maximum atomic E-state index is 13.2. The number of nitrogens with one attached hydrogen (secondary N) is 1. The number of carbonyl (C=O) groups excluding carboxylic acids is 3. The first-order valence-electron chi connectivity index (χ1n) is 11.9. The lowest BCUT2D eigenvalue weighted by atomic mass is 9.91. The number of ether oxygens (including phenoxy) is 1. The van der Waals surface area contributed by atoms with E-state index in [1.54, 1.807) is 31.0 Å². The van der Waals surface area contributed by atoms with Gasteiger partial charge in [-0.15, -0.1) is 0 Å². The van der Waals surface area contributed by atoms with Crippen LogP contribution in [0.2, 0.25) is 0 Å². The third-order valence-corrected chi connectivity index (χ3v) is 6.65. The zero-order valence-corrected chi connectivity index (χ0v) is 20.6. The van der Waals surface area contributed by atoms with Gasteiger partial charge in [0.25, 0.3) is 5.91 Å². The van der Waals surface area contributed by atoms with Gasteiger partial charge in [0, 0.05) is 45.0 Å². The standard InChI is InChI=1S/C26H32N4O5/c1-5-34-25(32)22-20(28(4)26(33)27-23(22)19-10-7-6-9-17(19)2)16-29-12-13-30(18(3)15-29)24(31)21-11-8-14-35-21/h6-11,14,18,23H,5,12-13,15-16H2,1-4H3,(H,27,33)/t18-,23+/m0/s1. The minimum absolute atomic E-state index is 0.0668. The number of benzene rings is 1. The Balaban J connectivity index is 1.62. The summed E-state index contributed by atoms with van der Waals surface area (Å²) in [7, 11) is 1.66. The first-order chi connectivity index (χ1) is 16.8. The largest absolute Gasteiger partial charge is 0.463 e. The van der Waals surface area contributed by atoms with Gasteiger partial charge in [-0.1, -0.05) is 24.3 Å². The number of esters is 1. The molecule has 1 aromatic carbocycles. The van der Waals surface area contributed by atoms with Crippen LogP contribution in [0.3, 0.4) is 0 Å². The lowest BCUT2D eigenvalue weighted by Crippen LogP contribution is -2.56.